The first-order chi connectivity index (χ1) is 5.39. The van der Waals surface area contributed by atoms with Gasteiger partial charge in [-0.2, -0.15) is 36.9 Å². The molecule has 0 unspecified atom stereocenters. The van der Waals surface area contributed by atoms with E-state index in [4.69, 9.17) is 0 Å². The second kappa shape index (κ2) is 2.61. The normalized spacial score (nSPS) is 11.8. The molecule has 0 N–H and O–H groups in total. The number of hydrogen-bond acceptors (Lipinski definition) is 3. The van der Waals surface area contributed by atoms with Gasteiger partial charge in [0, 0.05) is 0 Å². The van der Waals surface area contributed by atoms with Gasteiger partial charge in [-0.3, -0.25) is 0 Å². The van der Waals surface area contributed by atoms with Crippen molar-refractivity contribution in [2.24, 2.45) is 0 Å². The molecule has 0 aliphatic rings. The van der Waals surface area contributed by atoms with Crippen LogP contribution in [0.15, 0.2) is 0 Å². The van der Waals surface area contributed by atoms with Crippen molar-refractivity contribution in [2.45, 2.75) is 6.18 Å². The molecule has 0 atom stereocenters. The van der Waals surface area contributed by atoms with Gasteiger partial charge in [0.15, 0.2) is 0 Å². The van der Waals surface area contributed by atoms with E-state index in [1.165, 1.54) is 0 Å². The highest BCUT2D eigenvalue weighted by molar-refractivity contribution is 4.88. The lowest BCUT2D eigenvalue weighted by Crippen LogP contribution is -2.14. The Morgan fingerprint density at radius 1 is 0.833 bits per heavy atom. The maximum atomic E-state index is 12.0. The monoisotopic (exact) mass is 185 g/mol. The average Bonchev–Trinajstić information content (AvgIpc) is 1.82. The lowest BCUT2D eigenvalue weighted by Gasteiger charge is -2.02. The molecule has 1 heterocycles. The molecule has 8 heteroatoms. The number of rotatable bonds is 0. The topological polar surface area (TPSA) is 38.7 Å². The van der Waals surface area contributed by atoms with E-state index >= 15 is 0 Å². The Balaban J connectivity index is 3.18. The maximum Gasteiger partial charge on any atom is 0.451 e. The molecule has 0 aliphatic heterocycles. The van der Waals surface area contributed by atoms with E-state index in [2.05, 4.69) is 15.0 Å². The zero-order chi connectivity index (χ0) is 9.35. The van der Waals surface area contributed by atoms with Crippen molar-refractivity contribution in [2.75, 3.05) is 0 Å². The van der Waals surface area contributed by atoms with E-state index in [0.717, 1.165) is 0 Å². The zero-order valence-electron chi connectivity index (χ0n) is 5.23. The van der Waals surface area contributed by atoms with Gasteiger partial charge >= 0.3 is 18.3 Å². The Kier molecular flexibility index (Phi) is 1.90. The van der Waals surface area contributed by atoms with Crippen molar-refractivity contribution in [3.8, 4) is 0 Å². The lowest BCUT2D eigenvalue weighted by molar-refractivity contribution is -0.146. The molecule has 0 aliphatic carbocycles. The molecule has 0 spiro atoms. The third kappa shape index (κ3) is 1.83. The van der Waals surface area contributed by atoms with Crippen molar-refractivity contribution < 1.29 is 22.0 Å². The van der Waals surface area contributed by atoms with Gasteiger partial charge in [0.05, 0.1) is 0 Å². The van der Waals surface area contributed by atoms with Crippen LogP contribution in [-0.2, 0) is 6.18 Å². The van der Waals surface area contributed by atoms with Gasteiger partial charge in [0.25, 0.3) is 0 Å². The van der Waals surface area contributed by atoms with Gasteiger partial charge < -0.3 is 0 Å². The highest BCUT2D eigenvalue weighted by atomic mass is 19.4. The van der Waals surface area contributed by atoms with Crippen LogP contribution in [0.5, 0.6) is 0 Å². The fraction of sp³-hybridized carbons (Fsp3) is 0.250. The van der Waals surface area contributed by atoms with E-state index in [-0.39, 0.29) is 0 Å². The second-order valence-electron chi connectivity index (χ2n) is 1.69. The summed E-state index contributed by atoms with van der Waals surface area (Å²) in [5, 5.41) is 0. The van der Waals surface area contributed by atoms with Crippen molar-refractivity contribution in [3.63, 3.8) is 0 Å². The van der Waals surface area contributed by atoms with Crippen LogP contribution in [0.1, 0.15) is 5.82 Å². The minimum atomic E-state index is -4.97. The summed E-state index contributed by atoms with van der Waals surface area (Å²) in [7, 11) is 0. The average molecular weight is 185 g/mol. The number of hydrogen-bond donors (Lipinski definition) is 0. The molecule has 0 amide bonds. The van der Waals surface area contributed by atoms with E-state index in [1.54, 1.807) is 0 Å². The van der Waals surface area contributed by atoms with Crippen molar-refractivity contribution in [1.29, 1.82) is 0 Å². The Labute approximate surface area is 62.3 Å². The summed E-state index contributed by atoms with van der Waals surface area (Å²) < 4.78 is 58.9. The van der Waals surface area contributed by atoms with Crippen molar-refractivity contribution in [1.82, 2.24) is 15.0 Å². The third-order valence-corrected chi connectivity index (χ3v) is 0.834. The van der Waals surface area contributed by atoms with Gasteiger partial charge in [0.1, 0.15) is 0 Å². The largest absolute Gasteiger partial charge is 0.451 e. The Hall–Kier alpha value is -1.34. The quantitative estimate of drug-likeness (QED) is 0.569. The van der Waals surface area contributed by atoms with Gasteiger partial charge in [-0.1, -0.05) is 0 Å². The van der Waals surface area contributed by atoms with E-state index < -0.39 is 24.2 Å². The molecule has 0 radical (unpaired) electrons. The molecule has 0 aromatic carbocycles. The summed E-state index contributed by atoms with van der Waals surface area (Å²) >= 11 is 0. The standard InChI is InChI=1S/C4F5N3/c5-2-10-1(4(7,8)9)11-3(6)12-2. The molecule has 3 nitrogen and oxygen atoms in total. The SMILES string of the molecule is Fc1nc(F)nc(C(F)(F)F)n1. The Morgan fingerprint density at radius 3 is 1.58 bits per heavy atom. The molecular weight excluding hydrogens is 185 g/mol. The number of nitrogens with zero attached hydrogens (tertiary/aromatic N) is 3. The van der Waals surface area contributed by atoms with E-state index in [1.807, 2.05) is 0 Å². The summed E-state index contributed by atoms with van der Waals surface area (Å²) in [6.45, 7) is 0. The van der Waals surface area contributed by atoms with E-state index in [9.17, 15) is 22.0 Å². The molecule has 0 fully saturated rings. The predicted octanol–water partition coefficient (Wildman–Crippen LogP) is 1.17. The summed E-state index contributed by atoms with van der Waals surface area (Å²) in [5.41, 5.74) is 0. The molecule has 0 bridgehead atoms. The second-order valence-corrected chi connectivity index (χ2v) is 1.69. The van der Waals surface area contributed by atoms with Gasteiger partial charge in [0.2, 0.25) is 5.82 Å². The summed E-state index contributed by atoms with van der Waals surface area (Å²) in [4.78, 5) is 6.80. The number of aromatic nitrogens is 3. The zero-order valence-corrected chi connectivity index (χ0v) is 5.23. The van der Waals surface area contributed by atoms with Crippen LogP contribution in [0.4, 0.5) is 22.0 Å². The molecular formula is C4F5N3. The fourth-order valence-electron chi connectivity index (χ4n) is 0.453. The first-order valence-corrected chi connectivity index (χ1v) is 2.54. The molecule has 1 rings (SSSR count). The van der Waals surface area contributed by atoms with Gasteiger partial charge in [-0.05, 0) is 0 Å². The highest BCUT2D eigenvalue weighted by Crippen LogP contribution is 2.25. The predicted molar refractivity (Wildman–Crippen MR) is 24.7 cm³/mol. The smallest absolute Gasteiger partial charge is 0.177 e. The Bertz CT molecular complexity index is 275. The van der Waals surface area contributed by atoms with Crippen LogP contribution in [0.25, 0.3) is 0 Å². The Morgan fingerprint density at radius 2 is 1.25 bits per heavy atom. The summed E-state index contributed by atoms with van der Waals surface area (Å²) in [5.74, 6) is -1.88. The molecule has 66 valence electrons. The first kappa shape index (κ1) is 8.75. The van der Waals surface area contributed by atoms with Crippen LogP contribution in [-0.4, -0.2) is 15.0 Å². The van der Waals surface area contributed by atoms with Crippen LogP contribution in [0.3, 0.4) is 0 Å². The fourth-order valence-corrected chi connectivity index (χ4v) is 0.453. The van der Waals surface area contributed by atoms with Crippen LogP contribution >= 0.6 is 0 Å². The minimum absolute atomic E-state index is 1.80. The van der Waals surface area contributed by atoms with Gasteiger partial charge in [-0.15, -0.1) is 0 Å². The molecule has 1 aromatic rings. The maximum absolute atomic E-state index is 12.0. The summed E-state index contributed by atoms with van der Waals surface area (Å²) in [6.07, 6.45) is -8.56. The first-order valence-electron chi connectivity index (χ1n) is 2.54. The molecule has 0 saturated carbocycles. The number of alkyl halides is 3. The van der Waals surface area contributed by atoms with Crippen LogP contribution in [0.2, 0.25) is 0 Å². The molecule has 1 aromatic heterocycles. The molecule has 0 saturated heterocycles. The molecule has 12 heavy (non-hydrogen) atoms. The van der Waals surface area contributed by atoms with Crippen LogP contribution in [0, 0.1) is 12.2 Å². The number of halogens is 5. The van der Waals surface area contributed by atoms with Crippen LogP contribution < -0.4 is 0 Å². The van der Waals surface area contributed by atoms with Crippen molar-refractivity contribution >= 4 is 0 Å². The van der Waals surface area contributed by atoms with Gasteiger partial charge in [-0.25, -0.2) is 0 Å². The minimum Gasteiger partial charge on any atom is -0.177 e. The van der Waals surface area contributed by atoms with E-state index in [0.29, 0.717) is 0 Å². The third-order valence-electron chi connectivity index (χ3n) is 0.834. The summed E-state index contributed by atoms with van der Waals surface area (Å²) in [6, 6.07) is 0. The van der Waals surface area contributed by atoms with Crippen molar-refractivity contribution in [3.05, 3.63) is 18.0 Å². The highest BCUT2D eigenvalue weighted by Gasteiger charge is 2.36. The lowest BCUT2D eigenvalue weighted by atomic mass is 10.6.